The molecule has 0 saturated heterocycles. The average Bonchev–Trinajstić information content (AvgIpc) is 2.70. The second-order valence-corrected chi connectivity index (χ2v) is 9.44. The van der Waals surface area contributed by atoms with Crippen molar-refractivity contribution in [2.45, 2.75) is 89.4 Å². The fraction of sp³-hybridized carbons (Fsp3) is 0.520. The van der Waals surface area contributed by atoms with Crippen LogP contribution in [0.2, 0.25) is 0 Å². The molecule has 1 N–H and O–H groups in total. The molecule has 0 amide bonds. The Morgan fingerprint density at radius 1 is 0.759 bits per heavy atom. The molecule has 0 atom stereocenters. The van der Waals surface area contributed by atoms with Gasteiger partial charge in [-0.3, -0.25) is 4.55 Å². The molecule has 160 valence electrons. The first-order valence-electron chi connectivity index (χ1n) is 11.1. The lowest BCUT2D eigenvalue weighted by molar-refractivity contribution is 0.483. The number of benzene rings is 2. The summed E-state index contributed by atoms with van der Waals surface area (Å²) >= 11 is 0. The molecule has 0 aromatic heterocycles. The van der Waals surface area contributed by atoms with Gasteiger partial charge in [0.2, 0.25) is 0 Å². The lowest BCUT2D eigenvalue weighted by atomic mass is 9.96. The maximum absolute atomic E-state index is 11.7. The minimum absolute atomic E-state index is 0.0285. The molecule has 0 saturated carbocycles. The Morgan fingerprint density at radius 2 is 1.34 bits per heavy atom. The van der Waals surface area contributed by atoms with Crippen molar-refractivity contribution in [3.63, 3.8) is 0 Å². The highest BCUT2D eigenvalue weighted by Gasteiger charge is 2.17. The van der Waals surface area contributed by atoms with E-state index < -0.39 is 10.1 Å². The fourth-order valence-electron chi connectivity index (χ4n) is 3.85. The molecule has 0 bridgehead atoms. The maximum Gasteiger partial charge on any atom is 0.295 e. The molecule has 2 aromatic carbocycles. The quantitative estimate of drug-likeness (QED) is 0.274. The van der Waals surface area contributed by atoms with Crippen LogP contribution in [0.3, 0.4) is 0 Å². The van der Waals surface area contributed by atoms with Crippen LogP contribution in [0.1, 0.15) is 82.3 Å². The number of aryl methyl sites for hydroxylation is 2. The van der Waals surface area contributed by atoms with E-state index in [2.05, 4.69) is 19.1 Å². The number of rotatable bonds is 13. The maximum atomic E-state index is 11.7. The van der Waals surface area contributed by atoms with Gasteiger partial charge in [-0.15, -0.1) is 0 Å². The highest BCUT2D eigenvalue weighted by Crippen LogP contribution is 2.31. The molecule has 4 heteroatoms. The third kappa shape index (κ3) is 7.94. The zero-order chi connectivity index (χ0) is 21.1. The van der Waals surface area contributed by atoms with Crippen LogP contribution in [-0.4, -0.2) is 13.0 Å². The number of hydrogen-bond acceptors (Lipinski definition) is 2. The SMILES string of the molecule is CCCCCCCCCCCCc1ccc(C)c(-c2ccccc2S(=O)(=O)O)c1. The van der Waals surface area contributed by atoms with Crippen molar-refractivity contribution in [2.24, 2.45) is 0 Å². The first-order valence-corrected chi connectivity index (χ1v) is 12.5. The summed E-state index contributed by atoms with van der Waals surface area (Å²) in [5.74, 6) is 0. The Balaban J connectivity index is 1.88. The lowest BCUT2D eigenvalue weighted by Gasteiger charge is -2.12. The molecule has 3 nitrogen and oxygen atoms in total. The van der Waals surface area contributed by atoms with Gasteiger partial charge in [0.1, 0.15) is 4.90 Å². The molecule has 0 aliphatic heterocycles. The van der Waals surface area contributed by atoms with Gasteiger partial charge in [-0.05, 0) is 42.5 Å². The second kappa shape index (κ2) is 12.1. The zero-order valence-corrected chi connectivity index (χ0v) is 18.8. The van der Waals surface area contributed by atoms with Crippen LogP contribution in [-0.2, 0) is 16.5 Å². The van der Waals surface area contributed by atoms with E-state index in [-0.39, 0.29) is 4.90 Å². The minimum atomic E-state index is -4.25. The number of unbranched alkanes of at least 4 members (excludes halogenated alkanes) is 9. The molecule has 0 heterocycles. The molecular weight excluding hydrogens is 380 g/mol. The van der Waals surface area contributed by atoms with Crippen molar-refractivity contribution in [1.29, 1.82) is 0 Å². The molecule has 29 heavy (non-hydrogen) atoms. The normalized spacial score (nSPS) is 11.7. The summed E-state index contributed by atoms with van der Waals surface area (Å²) < 4.78 is 33.1. The van der Waals surface area contributed by atoms with E-state index in [1.54, 1.807) is 18.2 Å². The van der Waals surface area contributed by atoms with Crippen LogP contribution in [0.4, 0.5) is 0 Å². The van der Waals surface area contributed by atoms with Gasteiger partial charge in [0.05, 0.1) is 0 Å². The monoisotopic (exact) mass is 416 g/mol. The summed E-state index contributed by atoms with van der Waals surface area (Å²) in [5, 5.41) is 0. The topological polar surface area (TPSA) is 54.4 Å². The third-order valence-electron chi connectivity index (χ3n) is 5.58. The summed E-state index contributed by atoms with van der Waals surface area (Å²) in [4.78, 5) is -0.0285. The summed E-state index contributed by atoms with van der Waals surface area (Å²) in [6.07, 6.45) is 14.2. The van der Waals surface area contributed by atoms with Gasteiger partial charge in [-0.1, -0.05) is 101 Å². The average molecular weight is 417 g/mol. The first-order chi connectivity index (χ1) is 13.9. The van der Waals surface area contributed by atoms with E-state index in [1.165, 1.54) is 69.4 Å². The highest BCUT2D eigenvalue weighted by molar-refractivity contribution is 7.86. The van der Waals surface area contributed by atoms with E-state index in [4.69, 9.17) is 0 Å². The molecule has 2 rings (SSSR count). The van der Waals surface area contributed by atoms with E-state index in [0.717, 1.165) is 24.0 Å². The Hall–Kier alpha value is -1.65. The first kappa shape index (κ1) is 23.6. The van der Waals surface area contributed by atoms with Crippen LogP contribution in [0, 0.1) is 6.92 Å². The smallest absolute Gasteiger partial charge is 0.282 e. The predicted molar refractivity (Wildman–Crippen MR) is 122 cm³/mol. The van der Waals surface area contributed by atoms with Crippen molar-refractivity contribution >= 4 is 10.1 Å². The molecule has 0 aliphatic rings. The standard InChI is InChI=1S/C25H36O3S/c1-3-4-5-6-7-8-9-10-11-12-15-22-19-18-21(2)24(20-22)23-16-13-14-17-25(23)29(26,27)28/h13-14,16-20H,3-12,15H2,1-2H3,(H,26,27,28). The Bertz CT molecular complexity index is 856. The van der Waals surface area contributed by atoms with Crippen LogP contribution >= 0.6 is 0 Å². The van der Waals surface area contributed by atoms with Crippen molar-refractivity contribution in [1.82, 2.24) is 0 Å². The molecule has 0 unspecified atom stereocenters. The van der Waals surface area contributed by atoms with Gasteiger partial charge < -0.3 is 0 Å². The zero-order valence-electron chi connectivity index (χ0n) is 18.0. The molecular formula is C25H36O3S. The van der Waals surface area contributed by atoms with Crippen LogP contribution in [0.5, 0.6) is 0 Å². The third-order valence-corrected chi connectivity index (χ3v) is 6.49. The van der Waals surface area contributed by atoms with Gasteiger partial charge in [0.15, 0.2) is 0 Å². The molecule has 0 radical (unpaired) electrons. The van der Waals surface area contributed by atoms with Crippen molar-refractivity contribution in [3.05, 3.63) is 53.6 Å². The Labute approximate surface area is 177 Å². The van der Waals surface area contributed by atoms with Gasteiger partial charge in [0.25, 0.3) is 10.1 Å². The van der Waals surface area contributed by atoms with Crippen molar-refractivity contribution in [3.8, 4) is 11.1 Å². The summed E-state index contributed by atoms with van der Waals surface area (Å²) in [6.45, 7) is 4.23. The predicted octanol–water partition coefficient (Wildman–Crippen LogP) is 7.37. The molecule has 0 fully saturated rings. The van der Waals surface area contributed by atoms with Gasteiger partial charge in [-0.25, -0.2) is 0 Å². The van der Waals surface area contributed by atoms with Crippen molar-refractivity contribution in [2.75, 3.05) is 0 Å². The molecule has 0 spiro atoms. The van der Waals surface area contributed by atoms with Gasteiger partial charge in [0, 0.05) is 5.56 Å². The number of hydrogen-bond donors (Lipinski definition) is 1. The van der Waals surface area contributed by atoms with Crippen LogP contribution in [0.25, 0.3) is 11.1 Å². The van der Waals surface area contributed by atoms with Gasteiger partial charge >= 0.3 is 0 Å². The van der Waals surface area contributed by atoms with E-state index in [9.17, 15) is 13.0 Å². The summed E-state index contributed by atoms with van der Waals surface area (Å²) in [5.41, 5.74) is 3.67. The molecule has 2 aromatic rings. The minimum Gasteiger partial charge on any atom is -0.282 e. The van der Waals surface area contributed by atoms with Crippen LogP contribution < -0.4 is 0 Å². The summed E-state index contributed by atoms with van der Waals surface area (Å²) in [7, 11) is -4.25. The lowest BCUT2D eigenvalue weighted by Crippen LogP contribution is -2.01. The largest absolute Gasteiger partial charge is 0.295 e. The van der Waals surface area contributed by atoms with E-state index in [1.807, 2.05) is 13.0 Å². The Morgan fingerprint density at radius 3 is 1.97 bits per heavy atom. The van der Waals surface area contributed by atoms with Crippen molar-refractivity contribution < 1.29 is 13.0 Å². The highest BCUT2D eigenvalue weighted by atomic mass is 32.2. The fourth-order valence-corrected chi connectivity index (χ4v) is 4.55. The molecule has 0 aliphatic carbocycles. The van der Waals surface area contributed by atoms with E-state index in [0.29, 0.717) is 5.56 Å². The summed E-state index contributed by atoms with van der Waals surface area (Å²) in [6, 6.07) is 12.9. The Kier molecular flexibility index (Phi) is 9.89. The van der Waals surface area contributed by atoms with E-state index >= 15 is 0 Å². The second-order valence-electron chi connectivity index (χ2n) is 8.05. The van der Waals surface area contributed by atoms with Crippen LogP contribution in [0.15, 0.2) is 47.4 Å². The van der Waals surface area contributed by atoms with Gasteiger partial charge in [-0.2, -0.15) is 8.42 Å².